The molecule has 0 spiro atoms. The van der Waals surface area contributed by atoms with Gasteiger partial charge in [0, 0.05) is 42.6 Å². The molecule has 32 heavy (non-hydrogen) atoms. The fourth-order valence-electron chi connectivity index (χ4n) is 2.93. The van der Waals surface area contributed by atoms with Gasteiger partial charge in [-0.05, 0) is 48.5 Å². The van der Waals surface area contributed by atoms with Crippen LogP contribution >= 0.6 is 23.2 Å². The largest absolute Gasteiger partial charge is 0.395 e. The minimum atomic E-state index is -0.413. The number of nitrogens with one attached hydrogen (secondary N) is 3. The van der Waals surface area contributed by atoms with E-state index in [9.17, 15) is 9.59 Å². The molecule has 0 aliphatic rings. The quantitative estimate of drug-likeness (QED) is 0.356. The smallest absolute Gasteiger partial charge is 0.257 e. The summed E-state index contributed by atoms with van der Waals surface area (Å²) in [5, 5.41) is 17.9. The van der Waals surface area contributed by atoms with Crippen molar-refractivity contribution in [2.45, 2.75) is 0 Å². The lowest BCUT2D eigenvalue weighted by Gasteiger charge is -2.11. The number of carbonyl (C=O) groups excluding carboxylic acids is 2. The van der Waals surface area contributed by atoms with Gasteiger partial charge in [0.15, 0.2) is 0 Å². The minimum Gasteiger partial charge on any atom is -0.395 e. The molecule has 2 amide bonds. The fourth-order valence-corrected chi connectivity index (χ4v) is 3.41. The first-order valence-electron chi connectivity index (χ1n) is 9.91. The number of nitrogens with zero attached hydrogens (tertiary/aromatic N) is 1. The molecule has 4 N–H and O–H groups in total. The Balaban J connectivity index is 1.67. The number of halogens is 2. The molecule has 0 aliphatic heterocycles. The highest BCUT2D eigenvalue weighted by atomic mass is 35.5. The Hall–Kier alpha value is -2.97. The van der Waals surface area contributed by atoms with Gasteiger partial charge < -0.3 is 21.1 Å². The van der Waals surface area contributed by atoms with Crippen molar-refractivity contribution >= 4 is 40.7 Å². The summed E-state index contributed by atoms with van der Waals surface area (Å²) in [5.74, 6) is -0.716. The van der Waals surface area contributed by atoms with Crippen LogP contribution in [0, 0.1) is 0 Å². The van der Waals surface area contributed by atoms with Crippen molar-refractivity contribution in [3.8, 4) is 11.3 Å². The second kappa shape index (κ2) is 11.6. The van der Waals surface area contributed by atoms with Crippen molar-refractivity contribution in [1.82, 2.24) is 15.6 Å². The Morgan fingerprint density at radius 3 is 2.47 bits per heavy atom. The second-order valence-electron chi connectivity index (χ2n) is 6.79. The van der Waals surface area contributed by atoms with Gasteiger partial charge in [0.05, 0.1) is 27.9 Å². The van der Waals surface area contributed by atoms with Gasteiger partial charge in [0.1, 0.15) is 0 Å². The predicted molar refractivity (Wildman–Crippen MR) is 126 cm³/mol. The molecule has 0 fully saturated rings. The molecule has 0 atom stereocenters. The molecular weight excluding hydrogens is 451 g/mol. The Labute approximate surface area is 195 Å². The van der Waals surface area contributed by atoms with Crippen LogP contribution in [0.15, 0.2) is 60.8 Å². The zero-order valence-electron chi connectivity index (χ0n) is 17.1. The normalized spacial score (nSPS) is 10.6. The van der Waals surface area contributed by atoms with E-state index >= 15 is 0 Å². The molecular formula is C23H22Cl2N4O3. The lowest BCUT2D eigenvalue weighted by Crippen LogP contribution is -2.32. The molecule has 0 saturated carbocycles. The van der Waals surface area contributed by atoms with Gasteiger partial charge in [-0.25, -0.2) is 0 Å². The van der Waals surface area contributed by atoms with Crippen LogP contribution in [-0.4, -0.2) is 48.1 Å². The summed E-state index contributed by atoms with van der Waals surface area (Å²) >= 11 is 12.6. The van der Waals surface area contributed by atoms with E-state index in [0.717, 1.165) is 0 Å². The van der Waals surface area contributed by atoms with Gasteiger partial charge in [-0.2, -0.15) is 0 Å². The van der Waals surface area contributed by atoms with Gasteiger partial charge in [-0.3, -0.25) is 14.6 Å². The van der Waals surface area contributed by atoms with Crippen LogP contribution in [0.3, 0.4) is 0 Å². The number of carbonyl (C=O) groups is 2. The average Bonchev–Trinajstić information content (AvgIpc) is 2.80. The number of anilines is 1. The standard InChI is InChI=1S/C23H22Cl2N4O3/c24-19-7-5-16(14-18(19)21-3-1-2-8-27-21)29-23(32)17-6-4-15(13-20(17)25)22(31)28-10-9-26-11-12-30/h1-8,13-14,26,30H,9-12H2,(H,28,31)(H,29,32). The molecule has 9 heteroatoms. The second-order valence-corrected chi connectivity index (χ2v) is 7.60. The summed E-state index contributed by atoms with van der Waals surface area (Å²) < 4.78 is 0. The Morgan fingerprint density at radius 2 is 1.75 bits per heavy atom. The molecule has 0 saturated heterocycles. The first-order chi connectivity index (χ1) is 15.5. The van der Waals surface area contributed by atoms with Crippen molar-refractivity contribution in [3.05, 3.63) is 82.0 Å². The molecule has 0 aliphatic carbocycles. The summed E-state index contributed by atoms with van der Waals surface area (Å²) in [4.78, 5) is 29.3. The summed E-state index contributed by atoms with van der Waals surface area (Å²) in [6.07, 6.45) is 1.67. The highest BCUT2D eigenvalue weighted by Gasteiger charge is 2.15. The van der Waals surface area contributed by atoms with Gasteiger partial charge in [-0.1, -0.05) is 29.3 Å². The Bertz CT molecular complexity index is 1090. The van der Waals surface area contributed by atoms with Crippen LogP contribution in [0.25, 0.3) is 11.3 Å². The maximum atomic E-state index is 12.7. The molecule has 2 aromatic carbocycles. The lowest BCUT2D eigenvalue weighted by atomic mass is 10.1. The Morgan fingerprint density at radius 1 is 0.906 bits per heavy atom. The number of aliphatic hydroxyl groups is 1. The molecule has 1 aromatic heterocycles. The van der Waals surface area contributed by atoms with E-state index in [1.54, 1.807) is 30.5 Å². The molecule has 7 nitrogen and oxygen atoms in total. The summed E-state index contributed by atoms with van der Waals surface area (Å²) in [6.45, 7) is 1.42. The molecule has 3 rings (SSSR count). The number of aromatic nitrogens is 1. The van der Waals surface area contributed by atoms with Crippen molar-refractivity contribution in [2.24, 2.45) is 0 Å². The first-order valence-corrected chi connectivity index (χ1v) is 10.7. The van der Waals surface area contributed by atoms with Crippen LogP contribution in [0.5, 0.6) is 0 Å². The van der Waals surface area contributed by atoms with Crippen molar-refractivity contribution in [2.75, 3.05) is 31.6 Å². The van der Waals surface area contributed by atoms with Gasteiger partial charge in [0.2, 0.25) is 0 Å². The highest BCUT2D eigenvalue weighted by Crippen LogP contribution is 2.29. The number of aliphatic hydroxyl groups excluding tert-OH is 1. The molecule has 0 radical (unpaired) electrons. The lowest BCUT2D eigenvalue weighted by molar-refractivity contribution is 0.0952. The molecule has 0 bridgehead atoms. The number of benzene rings is 2. The number of amides is 2. The summed E-state index contributed by atoms with van der Waals surface area (Å²) in [6, 6.07) is 15.1. The minimum absolute atomic E-state index is 0.0353. The van der Waals surface area contributed by atoms with Crippen LogP contribution in [0.4, 0.5) is 5.69 Å². The number of pyridine rings is 1. The van der Waals surface area contributed by atoms with Gasteiger partial charge in [0.25, 0.3) is 11.8 Å². The molecule has 3 aromatic rings. The SMILES string of the molecule is O=C(NCCNCCO)c1ccc(C(=O)Nc2ccc(Cl)c(-c3ccccn3)c2)c(Cl)c1. The zero-order valence-corrected chi connectivity index (χ0v) is 18.6. The first kappa shape index (κ1) is 23.7. The maximum absolute atomic E-state index is 12.7. The number of rotatable bonds is 9. The van der Waals surface area contributed by atoms with E-state index in [2.05, 4.69) is 20.9 Å². The predicted octanol–water partition coefficient (Wildman–Crippen LogP) is 3.62. The molecule has 1 heterocycles. The Kier molecular flexibility index (Phi) is 8.58. The van der Waals surface area contributed by atoms with Crippen molar-refractivity contribution in [3.63, 3.8) is 0 Å². The molecule has 0 unspecified atom stereocenters. The highest BCUT2D eigenvalue weighted by molar-refractivity contribution is 6.35. The third kappa shape index (κ3) is 6.27. The van der Waals surface area contributed by atoms with Crippen LogP contribution in [0.1, 0.15) is 20.7 Å². The summed E-state index contributed by atoms with van der Waals surface area (Å²) in [5.41, 5.74) is 2.50. The topological polar surface area (TPSA) is 103 Å². The van der Waals surface area contributed by atoms with E-state index in [0.29, 0.717) is 47.2 Å². The summed E-state index contributed by atoms with van der Waals surface area (Å²) in [7, 11) is 0. The maximum Gasteiger partial charge on any atom is 0.257 e. The van der Waals surface area contributed by atoms with E-state index in [1.807, 2.05) is 18.2 Å². The van der Waals surface area contributed by atoms with Crippen LogP contribution < -0.4 is 16.0 Å². The van der Waals surface area contributed by atoms with Crippen LogP contribution in [-0.2, 0) is 0 Å². The molecule has 166 valence electrons. The van der Waals surface area contributed by atoms with E-state index < -0.39 is 5.91 Å². The average molecular weight is 473 g/mol. The van der Waals surface area contributed by atoms with Gasteiger partial charge in [-0.15, -0.1) is 0 Å². The van der Waals surface area contributed by atoms with E-state index in [-0.39, 0.29) is 23.1 Å². The van der Waals surface area contributed by atoms with Crippen molar-refractivity contribution < 1.29 is 14.7 Å². The third-order valence-electron chi connectivity index (χ3n) is 4.52. The zero-order chi connectivity index (χ0) is 22.9. The fraction of sp³-hybridized carbons (Fsp3) is 0.174. The van der Waals surface area contributed by atoms with Gasteiger partial charge >= 0.3 is 0 Å². The number of hydrogen-bond acceptors (Lipinski definition) is 5. The number of hydrogen-bond donors (Lipinski definition) is 4. The van der Waals surface area contributed by atoms with E-state index in [4.69, 9.17) is 28.3 Å². The van der Waals surface area contributed by atoms with Crippen molar-refractivity contribution in [1.29, 1.82) is 0 Å². The monoisotopic (exact) mass is 472 g/mol. The van der Waals surface area contributed by atoms with Crippen LogP contribution in [0.2, 0.25) is 10.0 Å². The third-order valence-corrected chi connectivity index (χ3v) is 5.16. The van der Waals surface area contributed by atoms with E-state index in [1.165, 1.54) is 12.1 Å².